The summed E-state index contributed by atoms with van der Waals surface area (Å²) in [5, 5.41) is 0. The molecule has 4 atom stereocenters. The highest BCUT2D eigenvalue weighted by molar-refractivity contribution is 4.97. The van der Waals surface area contributed by atoms with Gasteiger partial charge in [-0.15, -0.1) is 0 Å². The number of piperidine rings is 2. The van der Waals surface area contributed by atoms with E-state index in [1.165, 1.54) is 51.5 Å². The normalized spacial score (nSPS) is 36.6. The molecule has 2 aliphatic heterocycles. The second-order valence-electron chi connectivity index (χ2n) is 5.95. The highest BCUT2D eigenvalue weighted by Crippen LogP contribution is 2.36. The molecule has 2 heteroatoms. The van der Waals surface area contributed by atoms with Gasteiger partial charge in [0.15, 0.2) is 0 Å². The molecule has 0 radical (unpaired) electrons. The van der Waals surface area contributed by atoms with Gasteiger partial charge in [-0.1, -0.05) is 26.2 Å². The van der Waals surface area contributed by atoms with Gasteiger partial charge < -0.3 is 5.73 Å². The van der Waals surface area contributed by atoms with Gasteiger partial charge in [-0.3, -0.25) is 4.90 Å². The van der Waals surface area contributed by atoms with E-state index < -0.39 is 0 Å². The van der Waals surface area contributed by atoms with Crippen LogP contribution in [0.5, 0.6) is 0 Å². The van der Waals surface area contributed by atoms with Crippen molar-refractivity contribution in [2.75, 3.05) is 6.54 Å². The fourth-order valence-electron chi connectivity index (χ4n) is 3.65. The fourth-order valence-corrected chi connectivity index (χ4v) is 3.65. The molecule has 1 saturated carbocycles. The third-order valence-corrected chi connectivity index (χ3v) is 4.66. The number of unbranched alkanes of at least 4 members (excludes halogenated alkanes) is 2. The molecule has 2 saturated heterocycles. The summed E-state index contributed by atoms with van der Waals surface area (Å²) in [5.41, 5.74) is 6.26. The molecule has 0 aromatic carbocycles. The van der Waals surface area contributed by atoms with Gasteiger partial charge in [-0.05, 0) is 38.5 Å². The lowest BCUT2D eigenvalue weighted by atomic mass is 9.76. The van der Waals surface area contributed by atoms with Crippen molar-refractivity contribution in [3.8, 4) is 0 Å². The van der Waals surface area contributed by atoms with E-state index >= 15 is 0 Å². The molecule has 3 rings (SSSR count). The number of nitrogens with two attached hydrogens (primary N) is 1. The first-order valence-corrected chi connectivity index (χ1v) is 7.23. The molecule has 4 unspecified atom stereocenters. The van der Waals surface area contributed by atoms with E-state index in [4.69, 9.17) is 5.73 Å². The minimum Gasteiger partial charge on any atom is -0.326 e. The first kappa shape index (κ1) is 12.4. The molecule has 0 amide bonds. The molecular formula is C14H28N2. The van der Waals surface area contributed by atoms with Crippen LogP contribution in [0, 0.1) is 5.92 Å². The molecule has 1 aliphatic carbocycles. The summed E-state index contributed by atoms with van der Waals surface area (Å²) in [5.74, 6) is 0.897. The van der Waals surface area contributed by atoms with Crippen LogP contribution in [0.1, 0.15) is 58.8 Å². The Morgan fingerprint density at radius 3 is 2.75 bits per heavy atom. The molecule has 0 aromatic heterocycles. The number of fused-ring (bicyclic) bond motifs is 3. The van der Waals surface area contributed by atoms with Crippen molar-refractivity contribution < 1.29 is 0 Å². The Labute approximate surface area is 101 Å². The molecule has 16 heavy (non-hydrogen) atoms. The van der Waals surface area contributed by atoms with Crippen molar-refractivity contribution >= 4 is 0 Å². The van der Waals surface area contributed by atoms with Crippen molar-refractivity contribution in [1.82, 2.24) is 4.90 Å². The molecule has 94 valence electrons. The van der Waals surface area contributed by atoms with Gasteiger partial charge in [0, 0.05) is 24.7 Å². The summed E-state index contributed by atoms with van der Waals surface area (Å²) in [4.78, 5) is 2.72. The largest absolute Gasteiger partial charge is 0.326 e. The van der Waals surface area contributed by atoms with Crippen LogP contribution >= 0.6 is 0 Å². The molecular weight excluding hydrogens is 196 g/mol. The maximum absolute atomic E-state index is 6.26. The Hall–Kier alpha value is -0.0800. The van der Waals surface area contributed by atoms with Crippen LogP contribution in [0.25, 0.3) is 0 Å². The van der Waals surface area contributed by atoms with Gasteiger partial charge in [-0.2, -0.15) is 0 Å². The topological polar surface area (TPSA) is 29.3 Å². The smallest absolute Gasteiger partial charge is 0.0250 e. The lowest BCUT2D eigenvalue weighted by Crippen LogP contribution is -2.60. The first-order chi connectivity index (χ1) is 7.72. The van der Waals surface area contributed by atoms with Crippen LogP contribution in [0.3, 0.4) is 0 Å². The maximum Gasteiger partial charge on any atom is 0.0250 e. The highest BCUT2D eigenvalue weighted by Gasteiger charge is 2.40. The van der Waals surface area contributed by atoms with Gasteiger partial charge in [0.2, 0.25) is 0 Å². The zero-order valence-corrected chi connectivity index (χ0v) is 11.0. The van der Waals surface area contributed by atoms with E-state index in [0.717, 1.165) is 12.0 Å². The van der Waals surface area contributed by atoms with E-state index in [9.17, 15) is 0 Å². The molecule has 0 aromatic rings. The Balaban J connectivity index is 1.84. The Morgan fingerprint density at radius 1 is 1.31 bits per heavy atom. The molecule has 2 bridgehead atoms. The van der Waals surface area contributed by atoms with Crippen molar-refractivity contribution in [3.63, 3.8) is 0 Å². The van der Waals surface area contributed by atoms with Gasteiger partial charge in [0.25, 0.3) is 0 Å². The van der Waals surface area contributed by atoms with Crippen molar-refractivity contribution in [1.29, 1.82) is 0 Å². The van der Waals surface area contributed by atoms with Gasteiger partial charge in [0.05, 0.1) is 0 Å². The van der Waals surface area contributed by atoms with E-state index in [1.54, 1.807) is 0 Å². The quantitative estimate of drug-likeness (QED) is 0.728. The summed E-state index contributed by atoms with van der Waals surface area (Å²) >= 11 is 0. The Kier molecular flexibility index (Phi) is 4.26. The number of rotatable bonds is 5. The summed E-state index contributed by atoms with van der Waals surface area (Å²) in [7, 11) is 0. The van der Waals surface area contributed by atoms with Gasteiger partial charge >= 0.3 is 0 Å². The highest BCUT2D eigenvalue weighted by atomic mass is 15.2. The Bertz CT molecular complexity index is 217. The van der Waals surface area contributed by atoms with Crippen LogP contribution in [-0.4, -0.2) is 29.6 Å². The summed E-state index contributed by atoms with van der Waals surface area (Å²) in [6, 6.07) is 1.91. The third-order valence-electron chi connectivity index (χ3n) is 4.66. The molecule has 0 spiro atoms. The second-order valence-corrected chi connectivity index (χ2v) is 5.95. The third kappa shape index (κ3) is 2.60. The van der Waals surface area contributed by atoms with Crippen LogP contribution in [-0.2, 0) is 0 Å². The predicted molar refractivity (Wildman–Crippen MR) is 69.4 cm³/mol. The summed E-state index contributed by atoms with van der Waals surface area (Å²) in [6.07, 6.45) is 9.53. The number of hydrogen-bond acceptors (Lipinski definition) is 2. The molecule has 3 aliphatic rings. The summed E-state index contributed by atoms with van der Waals surface area (Å²) < 4.78 is 0. The standard InChI is InChI=1S/C14H28N2/c1-3-4-5-6-11(2)16-10-12-7-8-14(16)13(15)9-12/h11-14H,3-10,15H2,1-2H3. The lowest BCUT2D eigenvalue weighted by molar-refractivity contribution is 0.00194. The van der Waals surface area contributed by atoms with Crippen molar-refractivity contribution in [2.24, 2.45) is 11.7 Å². The zero-order chi connectivity index (χ0) is 11.5. The average molecular weight is 224 g/mol. The minimum atomic E-state index is 0.459. The zero-order valence-electron chi connectivity index (χ0n) is 11.0. The number of nitrogens with zero attached hydrogens (tertiary/aromatic N) is 1. The SMILES string of the molecule is CCCCCC(C)N1CC2CCC1C(N)C2. The van der Waals surface area contributed by atoms with Gasteiger partial charge in [-0.25, -0.2) is 0 Å². The molecule has 2 N–H and O–H groups in total. The predicted octanol–water partition coefficient (Wildman–Crippen LogP) is 2.77. The van der Waals surface area contributed by atoms with Crippen LogP contribution in [0.4, 0.5) is 0 Å². The number of hydrogen-bond donors (Lipinski definition) is 1. The molecule has 3 fully saturated rings. The fraction of sp³-hybridized carbons (Fsp3) is 1.00. The van der Waals surface area contributed by atoms with E-state index in [0.29, 0.717) is 12.1 Å². The second kappa shape index (κ2) is 5.50. The van der Waals surface area contributed by atoms with Gasteiger partial charge in [0.1, 0.15) is 0 Å². The maximum atomic E-state index is 6.26. The average Bonchev–Trinajstić information content (AvgIpc) is 2.29. The Morgan fingerprint density at radius 2 is 2.12 bits per heavy atom. The molecule has 2 heterocycles. The van der Waals surface area contributed by atoms with Crippen LogP contribution in [0.2, 0.25) is 0 Å². The first-order valence-electron chi connectivity index (χ1n) is 7.23. The van der Waals surface area contributed by atoms with E-state index in [-0.39, 0.29) is 0 Å². The van der Waals surface area contributed by atoms with Crippen molar-refractivity contribution in [3.05, 3.63) is 0 Å². The summed E-state index contributed by atoms with van der Waals surface area (Å²) in [6.45, 7) is 6.01. The monoisotopic (exact) mass is 224 g/mol. The van der Waals surface area contributed by atoms with E-state index in [1.807, 2.05) is 0 Å². The van der Waals surface area contributed by atoms with Crippen LogP contribution in [0.15, 0.2) is 0 Å². The van der Waals surface area contributed by atoms with E-state index in [2.05, 4.69) is 18.7 Å². The minimum absolute atomic E-state index is 0.459. The van der Waals surface area contributed by atoms with Crippen molar-refractivity contribution in [2.45, 2.75) is 76.9 Å². The van der Waals surface area contributed by atoms with Crippen LogP contribution < -0.4 is 5.73 Å². The molecule has 2 nitrogen and oxygen atoms in total. The lowest BCUT2D eigenvalue weighted by Gasteiger charge is -2.51.